The molecule has 0 radical (unpaired) electrons. The quantitative estimate of drug-likeness (QED) is 0.679. The van der Waals surface area contributed by atoms with E-state index in [0.717, 1.165) is 25.7 Å². The number of imide groups is 1. The van der Waals surface area contributed by atoms with Gasteiger partial charge in [0.05, 0.1) is 6.26 Å². The number of aryl methyl sites for hydroxylation is 2. The lowest BCUT2D eigenvalue weighted by molar-refractivity contribution is -0.123. The Bertz CT molecular complexity index is 724. The van der Waals surface area contributed by atoms with E-state index in [4.69, 9.17) is 9.15 Å². The zero-order valence-electron chi connectivity index (χ0n) is 13.0. The molecule has 2 amide bonds. The smallest absolute Gasteiger partial charge is 0.348 e. The highest BCUT2D eigenvalue weighted by Gasteiger charge is 2.19. The van der Waals surface area contributed by atoms with Crippen LogP contribution >= 0.6 is 11.3 Å². The standard InChI is InChI=1S/C17H17NO5S/c19-15(18-16(20)12-6-4-8-22-12)10-23-17(21)14-9-11-5-2-1-3-7-13(11)24-14/h4,6,8-9H,1-3,5,7,10H2,(H,18,19,20). The van der Waals surface area contributed by atoms with E-state index in [1.54, 1.807) is 6.07 Å². The van der Waals surface area contributed by atoms with E-state index in [9.17, 15) is 14.4 Å². The van der Waals surface area contributed by atoms with Crippen LogP contribution in [0.25, 0.3) is 0 Å². The fourth-order valence-electron chi connectivity index (χ4n) is 2.60. The number of hydrogen-bond acceptors (Lipinski definition) is 6. The molecular formula is C17H17NO5S. The van der Waals surface area contributed by atoms with Crippen molar-refractivity contribution in [3.8, 4) is 0 Å². The van der Waals surface area contributed by atoms with Crippen molar-refractivity contribution in [2.45, 2.75) is 32.1 Å². The molecule has 0 spiro atoms. The molecule has 2 heterocycles. The summed E-state index contributed by atoms with van der Waals surface area (Å²) in [6.45, 7) is -0.506. The third kappa shape index (κ3) is 3.91. The summed E-state index contributed by atoms with van der Waals surface area (Å²) < 4.78 is 9.87. The van der Waals surface area contributed by atoms with Gasteiger partial charge in [-0.25, -0.2) is 4.79 Å². The van der Waals surface area contributed by atoms with Crippen LogP contribution in [0.4, 0.5) is 0 Å². The number of rotatable bonds is 4. The van der Waals surface area contributed by atoms with Crippen LogP contribution in [0.2, 0.25) is 0 Å². The van der Waals surface area contributed by atoms with Gasteiger partial charge >= 0.3 is 5.97 Å². The zero-order valence-corrected chi connectivity index (χ0v) is 13.8. The number of esters is 1. The van der Waals surface area contributed by atoms with E-state index in [2.05, 4.69) is 5.32 Å². The fourth-order valence-corrected chi connectivity index (χ4v) is 3.75. The normalized spacial score (nSPS) is 13.7. The van der Waals surface area contributed by atoms with Crippen LogP contribution in [0.5, 0.6) is 0 Å². The molecule has 0 aromatic carbocycles. The van der Waals surface area contributed by atoms with Crippen LogP contribution in [-0.2, 0) is 22.4 Å². The number of furan rings is 1. The van der Waals surface area contributed by atoms with Crippen molar-refractivity contribution in [3.63, 3.8) is 0 Å². The highest BCUT2D eigenvalue weighted by Crippen LogP contribution is 2.29. The minimum Gasteiger partial charge on any atom is -0.459 e. The van der Waals surface area contributed by atoms with Crippen molar-refractivity contribution in [3.05, 3.63) is 45.5 Å². The van der Waals surface area contributed by atoms with E-state index in [-0.39, 0.29) is 5.76 Å². The van der Waals surface area contributed by atoms with Crippen LogP contribution < -0.4 is 5.32 Å². The van der Waals surface area contributed by atoms with Crippen molar-refractivity contribution < 1.29 is 23.5 Å². The SMILES string of the molecule is O=C(COC(=O)c1cc2c(s1)CCCCC2)NC(=O)c1ccco1. The van der Waals surface area contributed by atoms with Gasteiger partial charge in [-0.15, -0.1) is 11.3 Å². The van der Waals surface area contributed by atoms with Crippen LogP contribution in [0.15, 0.2) is 28.9 Å². The van der Waals surface area contributed by atoms with Gasteiger partial charge in [-0.05, 0) is 49.4 Å². The zero-order chi connectivity index (χ0) is 16.9. The molecule has 2 aromatic heterocycles. The molecule has 3 rings (SSSR count). The molecule has 1 aliphatic carbocycles. The molecule has 7 heteroatoms. The number of thiophene rings is 1. The average Bonchev–Trinajstić information content (AvgIpc) is 3.19. The Morgan fingerprint density at radius 2 is 2.04 bits per heavy atom. The Morgan fingerprint density at radius 3 is 2.83 bits per heavy atom. The Balaban J connectivity index is 1.52. The monoisotopic (exact) mass is 347 g/mol. The first-order valence-corrected chi connectivity index (χ1v) is 8.61. The minimum atomic E-state index is -0.692. The molecule has 126 valence electrons. The van der Waals surface area contributed by atoms with E-state index in [1.165, 1.54) is 40.5 Å². The highest BCUT2D eigenvalue weighted by atomic mass is 32.1. The summed E-state index contributed by atoms with van der Waals surface area (Å²) in [5, 5.41) is 2.10. The van der Waals surface area contributed by atoms with Gasteiger partial charge in [-0.1, -0.05) is 6.42 Å². The number of hydrogen-bond donors (Lipinski definition) is 1. The Kier molecular flexibility index (Phi) is 5.10. The lowest BCUT2D eigenvalue weighted by Crippen LogP contribution is -2.33. The van der Waals surface area contributed by atoms with Crippen LogP contribution in [0, 0.1) is 0 Å². The second-order valence-electron chi connectivity index (χ2n) is 5.55. The Hall–Kier alpha value is -2.41. The molecule has 0 unspecified atom stereocenters. The van der Waals surface area contributed by atoms with Gasteiger partial charge in [-0.3, -0.25) is 14.9 Å². The summed E-state index contributed by atoms with van der Waals surface area (Å²) >= 11 is 1.43. The summed E-state index contributed by atoms with van der Waals surface area (Å²) in [7, 11) is 0. The second kappa shape index (κ2) is 7.44. The topological polar surface area (TPSA) is 85.6 Å². The van der Waals surface area contributed by atoms with E-state index >= 15 is 0 Å². The summed E-state index contributed by atoms with van der Waals surface area (Å²) in [5.74, 6) is -1.86. The maximum absolute atomic E-state index is 12.1. The van der Waals surface area contributed by atoms with Crippen molar-refractivity contribution >= 4 is 29.1 Å². The summed E-state index contributed by atoms with van der Waals surface area (Å²) in [4.78, 5) is 37.1. The van der Waals surface area contributed by atoms with E-state index < -0.39 is 24.4 Å². The lowest BCUT2D eigenvalue weighted by atomic mass is 10.1. The highest BCUT2D eigenvalue weighted by molar-refractivity contribution is 7.14. The summed E-state index contributed by atoms with van der Waals surface area (Å²) in [5.41, 5.74) is 1.21. The predicted molar refractivity (Wildman–Crippen MR) is 87.0 cm³/mol. The van der Waals surface area contributed by atoms with Crippen LogP contribution in [0.3, 0.4) is 0 Å². The first-order chi connectivity index (χ1) is 11.6. The third-order valence-corrected chi connectivity index (χ3v) is 5.00. The van der Waals surface area contributed by atoms with Crippen molar-refractivity contribution in [2.24, 2.45) is 0 Å². The van der Waals surface area contributed by atoms with Crippen LogP contribution in [0.1, 0.15) is 49.9 Å². The largest absolute Gasteiger partial charge is 0.459 e. The van der Waals surface area contributed by atoms with Crippen molar-refractivity contribution in [1.29, 1.82) is 0 Å². The molecule has 0 atom stereocenters. The number of ether oxygens (including phenoxy) is 1. The van der Waals surface area contributed by atoms with Crippen LogP contribution in [-0.4, -0.2) is 24.4 Å². The van der Waals surface area contributed by atoms with Gasteiger partial charge in [0.15, 0.2) is 12.4 Å². The van der Waals surface area contributed by atoms with Gasteiger partial charge in [0.1, 0.15) is 4.88 Å². The van der Waals surface area contributed by atoms with Crippen molar-refractivity contribution in [1.82, 2.24) is 5.32 Å². The molecular weight excluding hydrogens is 330 g/mol. The maximum atomic E-state index is 12.1. The molecule has 0 bridgehead atoms. The van der Waals surface area contributed by atoms with Gasteiger partial charge < -0.3 is 9.15 Å². The van der Waals surface area contributed by atoms with Gasteiger partial charge in [0.2, 0.25) is 0 Å². The molecule has 0 saturated carbocycles. The number of fused-ring (bicyclic) bond motifs is 1. The average molecular weight is 347 g/mol. The molecule has 2 aromatic rings. The number of carbonyl (C=O) groups is 3. The molecule has 0 aliphatic heterocycles. The first-order valence-electron chi connectivity index (χ1n) is 7.80. The summed E-state index contributed by atoms with van der Waals surface area (Å²) in [6, 6.07) is 4.84. The molecule has 0 saturated heterocycles. The fraction of sp³-hybridized carbons (Fsp3) is 0.353. The lowest BCUT2D eigenvalue weighted by Gasteiger charge is -2.03. The minimum absolute atomic E-state index is 0.0247. The molecule has 1 N–H and O–H groups in total. The van der Waals surface area contributed by atoms with Crippen molar-refractivity contribution in [2.75, 3.05) is 6.61 Å². The van der Waals surface area contributed by atoms with E-state index in [0.29, 0.717) is 4.88 Å². The third-order valence-electron chi connectivity index (χ3n) is 3.78. The molecule has 0 fully saturated rings. The number of nitrogens with one attached hydrogen (secondary N) is 1. The number of amides is 2. The molecule has 6 nitrogen and oxygen atoms in total. The summed E-state index contributed by atoms with van der Waals surface area (Å²) in [6.07, 6.45) is 6.79. The Morgan fingerprint density at radius 1 is 1.21 bits per heavy atom. The van der Waals surface area contributed by atoms with Gasteiger partial charge in [-0.2, -0.15) is 0 Å². The van der Waals surface area contributed by atoms with Gasteiger partial charge in [0, 0.05) is 4.88 Å². The van der Waals surface area contributed by atoms with Gasteiger partial charge in [0.25, 0.3) is 11.8 Å². The number of carbonyl (C=O) groups excluding carboxylic acids is 3. The molecule has 1 aliphatic rings. The predicted octanol–water partition coefficient (Wildman–Crippen LogP) is 2.72. The Labute approximate surface area is 142 Å². The maximum Gasteiger partial charge on any atom is 0.348 e. The second-order valence-corrected chi connectivity index (χ2v) is 6.69. The first kappa shape index (κ1) is 16.4. The molecule has 24 heavy (non-hydrogen) atoms. The van der Waals surface area contributed by atoms with E-state index in [1.807, 2.05) is 6.07 Å².